The van der Waals surface area contributed by atoms with Gasteiger partial charge in [0.15, 0.2) is 0 Å². The first-order valence-electron chi connectivity index (χ1n) is 8.87. The highest BCUT2D eigenvalue weighted by molar-refractivity contribution is 5.37. The lowest BCUT2D eigenvalue weighted by atomic mass is 9.77. The lowest BCUT2D eigenvalue weighted by Gasteiger charge is -2.39. The highest BCUT2D eigenvalue weighted by Crippen LogP contribution is 2.46. The molecule has 0 aromatic heterocycles. The molecule has 1 N–H and O–H groups in total. The molecule has 2 heteroatoms. The van der Waals surface area contributed by atoms with Crippen LogP contribution < -0.4 is 5.32 Å². The highest BCUT2D eigenvalue weighted by Gasteiger charge is 2.36. The molecule has 1 aromatic carbocycles. The van der Waals surface area contributed by atoms with Crippen LogP contribution in [-0.2, 0) is 19.5 Å². The summed E-state index contributed by atoms with van der Waals surface area (Å²) in [5.74, 6) is 0. The maximum absolute atomic E-state index is 3.49. The van der Waals surface area contributed by atoms with Crippen molar-refractivity contribution in [2.75, 3.05) is 19.6 Å². The van der Waals surface area contributed by atoms with Gasteiger partial charge in [-0.05, 0) is 73.8 Å². The van der Waals surface area contributed by atoms with Crippen LogP contribution in [-0.4, -0.2) is 24.5 Å². The average Bonchev–Trinajstić information content (AvgIpc) is 2.99. The van der Waals surface area contributed by atoms with Crippen molar-refractivity contribution in [3.8, 4) is 0 Å². The third-order valence-corrected chi connectivity index (χ3v) is 6.21. The van der Waals surface area contributed by atoms with Gasteiger partial charge in [-0.2, -0.15) is 0 Å². The molecule has 4 rings (SSSR count). The van der Waals surface area contributed by atoms with Gasteiger partial charge in [-0.1, -0.05) is 31.0 Å². The Hall–Kier alpha value is -0.860. The second kappa shape index (κ2) is 5.73. The molecule has 2 fully saturated rings. The zero-order chi connectivity index (χ0) is 14.1. The van der Waals surface area contributed by atoms with Crippen LogP contribution in [0.2, 0.25) is 0 Å². The number of benzene rings is 1. The van der Waals surface area contributed by atoms with Crippen LogP contribution in [0.15, 0.2) is 18.2 Å². The summed E-state index contributed by atoms with van der Waals surface area (Å²) in [7, 11) is 0. The molecule has 0 unspecified atom stereocenters. The van der Waals surface area contributed by atoms with E-state index in [1.807, 2.05) is 0 Å². The van der Waals surface area contributed by atoms with Crippen molar-refractivity contribution in [3.05, 3.63) is 34.9 Å². The number of hydrogen-bond acceptors (Lipinski definition) is 2. The van der Waals surface area contributed by atoms with Crippen LogP contribution in [0.5, 0.6) is 0 Å². The Labute approximate surface area is 128 Å². The van der Waals surface area contributed by atoms with E-state index in [-0.39, 0.29) is 0 Å². The molecule has 2 aliphatic heterocycles. The topological polar surface area (TPSA) is 15.3 Å². The Morgan fingerprint density at radius 2 is 1.86 bits per heavy atom. The van der Waals surface area contributed by atoms with Gasteiger partial charge in [0.25, 0.3) is 0 Å². The van der Waals surface area contributed by atoms with Crippen molar-refractivity contribution in [1.82, 2.24) is 10.2 Å². The minimum absolute atomic E-state index is 0.747. The molecule has 2 heterocycles. The Balaban J connectivity index is 1.43. The van der Waals surface area contributed by atoms with E-state index in [0.29, 0.717) is 0 Å². The Bertz CT molecular complexity index is 492. The minimum atomic E-state index is 0.747. The van der Waals surface area contributed by atoms with Gasteiger partial charge in [-0.15, -0.1) is 0 Å². The van der Waals surface area contributed by atoms with E-state index in [2.05, 4.69) is 28.4 Å². The molecule has 1 aromatic rings. The summed E-state index contributed by atoms with van der Waals surface area (Å²) in [4.78, 5) is 2.71. The summed E-state index contributed by atoms with van der Waals surface area (Å²) < 4.78 is 0. The molecule has 1 saturated carbocycles. The van der Waals surface area contributed by atoms with Gasteiger partial charge in [0.2, 0.25) is 0 Å². The summed E-state index contributed by atoms with van der Waals surface area (Å²) in [6.45, 7) is 6.03. The van der Waals surface area contributed by atoms with E-state index in [1.54, 1.807) is 11.1 Å². The first-order valence-corrected chi connectivity index (χ1v) is 8.87. The Morgan fingerprint density at radius 1 is 1.05 bits per heavy atom. The number of piperidine rings is 1. The molecule has 21 heavy (non-hydrogen) atoms. The number of fused-ring (bicyclic) bond motifs is 1. The van der Waals surface area contributed by atoms with Crippen molar-refractivity contribution >= 4 is 0 Å². The summed E-state index contributed by atoms with van der Waals surface area (Å²) in [5, 5.41) is 3.49. The fraction of sp³-hybridized carbons (Fsp3) is 0.684. The van der Waals surface area contributed by atoms with E-state index >= 15 is 0 Å². The van der Waals surface area contributed by atoms with E-state index in [9.17, 15) is 0 Å². The maximum atomic E-state index is 3.49. The summed E-state index contributed by atoms with van der Waals surface area (Å²) in [6, 6.07) is 6.92. The third kappa shape index (κ3) is 2.76. The van der Waals surface area contributed by atoms with Crippen molar-refractivity contribution in [3.63, 3.8) is 0 Å². The smallest absolute Gasteiger partial charge is 0.0236 e. The number of rotatable bonds is 2. The molecule has 0 bridgehead atoms. The molecule has 3 aliphatic rings. The van der Waals surface area contributed by atoms with Gasteiger partial charge in [0.05, 0.1) is 0 Å². The Kier molecular flexibility index (Phi) is 3.76. The van der Waals surface area contributed by atoms with Crippen LogP contribution in [0.25, 0.3) is 0 Å². The normalized spacial score (nSPS) is 25.1. The first kappa shape index (κ1) is 13.8. The quantitative estimate of drug-likeness (QED) is 0.894. The fourth-order valence-corrected chi connectivity index (χ4v) is 4.81. The van der Waals surface area contributed by atoms with Crippen molar-refractivity contribution < 1.29 is 0 Å². The molecule has 0 amide bonds. The van der Waals surface area contributed by atoms with Crippen molar-refractivity contribution in [2.45, 2.75) is 58.0 Å². The van der Waals surface area contributed by atoms with Crippen LogP contribution >= 0.6 is 0 Å². The average molecular weight is 284 g/mol. The highest BCUT2D eigenvalue weighted by atomic mass is 15.1. The summed E-state index contributed by atoms with van der Waals surface area (Å²) in [5.41, 5.74) is 5.51. The van der Waals surface area contributed by atoms with Crippen LogP contribution in [0, 0.1) is 5.41 Å². The van der Waals surface area contributed by atoms with E-state index in [0.717, 1.165) is 18.5 Å². The molecule has 0 atom stereocenters. The van der Waals surface area contributed by atoms with Gasteiger partial charge in [0, 0.05) is 13.1 Å². The van der Waals surface area contributed by atoms with Crippen LogP contribution in [0.3, 0.4) is 0 Å². The number of hydrogen-bond donors (Lipinski definition) is 1. The van der Waals surface area contributed by atoms with E-state index in [1.165, 1.54) is 70.1 Å². The summed E-state index contributed by atoms with van der Waals surface area (Å²) >= 11 is 0. The molecular formula is C19H28N2. The lowest BCUT2D eigenvalue weighted by Crippen LogP contribution is -2.38. The zero-order valence-electron chi connectivity index (χ0n) is 13.2. The fourth-order valence-electron chi connectivity index (χ4n) is 4.81. The van der Waals surface area contributed by atoms with Crippen LogP contribution in [0.4, 0.5) is 0 Å². The monoisotopic (exact) mass is 284 g/mol. The van der Waals surface area contributed by atoms with E-state index in [4.69, 9.17) is 0 Å². The number of likely N-dealkylation sites (tertiary alicyclic amines) is 1. The van der Waals surface area contributed by atoms with Gasteiger partial charge in [-0.25, -0.2) is 0 Å². The second-order valence-corrected chi connectivity index (χ2v) is 7.46. The lowest BCUT2D eigenvalue weighted by molar-refractivity contribution is 0.103. The van der Waals surface area contributed by atoms with Gasteiger partial charge >= 0.3 is 0 Å². The minimum Gasteiger partial charge on any atom is -0.312 e. The predicted octanol–water partition coefficient (Wildman–Crippen LogP) is 3.49. The molecule has 1 saturated heterocycles. The molecule has 1 spiro atoms. The molecular weight excluding hydrogens is 256 g/mol. The van der Waals surface area contributed by atoms with Gasteiger partial charge < -0.3 is 5.32 Å². The molecule has 2 nitrogen and oxygen atoms in total. The number of nitrogens with one attached hydrogen (secondary N) is 1. The van der Waals surface area contributed by atoms with Crippen molar-refractivity contribution in [2.24, 2.45) is 5.41 Å². The largest absolute Gasteiger partial charge is 0.312 e. The number of nitrogens with zero attached hydrogens (tertiary/aromatic N) is 1. The van der Waals surface area contributed by atoms with E-state index < -0.39 is 0 Å². The maximum Gasteiger partial charge on any atom is 0.0236 e. The standard InChI is InChI=1S/C19H28N2/c1-2-8-19(7-1)9-12-21(13-10-19)15-17-5-3-4-16-14-20-11-6-18(16)17/h3-5,20H,1-2,6-15H2. The predicted molar refractivity (Wildman–Crippen MR) is 87.3 cm³/mol. The third-order valence-electron chi connectivity index (χ3n) is 6.21. The van der Waals surface area contributed by atoms with Gasteiger partial charge in [-0.3, -0.25) is 4.90 Å². The molecule has 1 aliphatic carbocycles. The molecule has 114 valence electrons. The zero-order valence-corrected chi connectivity index (χ0v) is 13.2. The summed E-state index contributed by atoms with van der Waals surface area (Å²) in [6.07, 6.45) is 10.1. The van der Waals surface area contributed by atoms with Crippen molar-refractivity contribution in [1.29, 1.82) is 0 Å². The SMILES string of the molecule is c1cc2c(c(CN3CCC4(CCCC4)CC3)c1)CCNC2. The van der Waals surface area contributed by atoms with Crippen LogP contribution in [0.1, 0.15) is 55.2 Å². The molecule has 0 radical (unpaired) electrons. The second-order valence-electron chi connectivity index (χ2n) is 7.46. The first-order chi connectivity index (χ1) is 10.3. The van der Waals surface area contributed by atoms with Gasteiger partial charge in [0.1, 0.15) is 0 Å². The Morgan fingerprint density at radius 3 is 2.67 bits per heavy atom.